The molecule has 1 aromatic rings. The SMILES string of the molecule is O=S(c1ccccc1)C1C=CCC1. The zero-order chi connectivity index (χ0) is 9.10. The third kappa shape index (κ3) is 1.89. The molecule has 1 nitrogen and oxygen atoms in total. The summed E-state index contributed by atoms with van der Waals surface area (Å²) >= 11 is 0. The van der Waals surface area contributed by atoms with Gasteiger partial charge >= 0.3 is 0 Å². The van der Waals surface area contributed by atoms with Crippen LogP contribution in [0.2, 0.25) is 0 Å². The molecule has 68 valence electrons. The van der Waals surface area contributed by atoms with Crippen molar-refractivity contribution >= 4 is 10.8 Å². The van der Waals surface area contributed by atoms with E-state index in [4.69, 9.17) is 0 Å². The van der Waals surface area contributed by atoms with Crippen LogP contribution in [0.25, 0.3) is 0 Å². The molecule has 13 heavy (non-hydrogen) atoms. The Morgan fingerprint density at radius 3 is 2.62 bits per heavy atom. The van der Waals surface area contributed by atoms with Gasteiger partial charge in [0.1, 0.15) is 0 Å². The Kier molecular flexibility index (Phi) is 2.60. The molecule has 2 rings (SSSR count). The minimum absolute atomic E-state index is 0.238. The Morgan fingerprint density at radius 2 is 2.00 bits per heavy atom. The highest BCUT2D eigenvalue weighted by atomic mass is 32.2. The Hall–Kier alpha value is -0.890. The van der Waals surface area contributed by atoms with E-state index in [0.29, 0.717) is 0 Å². The predicted octanol–water partition coefficient (Wildman–Crippen LogP) is 2.51. The Bertz CT molecular complexity index is 329. The van der Waals surface area contributed by atoms with E-state index in [9.17, 15) is 4.21 Å². The second kappa shape index (κ2) is 3.88. The quantitative estimate of drug-likeness (QED) is 0.658. The van der Waals surface area contributed by atoms with E-state index in [1.807, 2.05) is 30.3 Å². The first-order chi connectivity index (χ1) is 6.38. The summed E-state index contributed by atoms with van der Waals surface area (Å²) in [5.74, 6) is 0. The molecule has 0 radical (unpaired) electrons. The van der Waals surface area contributed by atoms with Gasteiger partial charge in [-0.3, -0.25) is 4.21 Å². The molecule has 0 saturated carbocycles. The Balaban J connectivity index is 2.18. The molecule has 2 unspecified atom stereocenters. The first-order valence-electron chi connectivity index (χ1n) is 4.50. The van der Waals surface area contributed by atoms with Crippen LogP contribution in [0.4, 0.5) is 0 Å². The first kappa shape index (κ1) is 8.70. The molecular formula is C11H12OS. The van der Waals surface area contributed by atoms with E-state index in [0.717, 1.165) is 17.7 Å². The fourth-order valence-electron chi connectivity index (χ4n) is 1.51. The minimum atomic E-state index is -0.846. The fraction of sp³-hybridized carbons (Fsp3) is 0.273. The summed E-state index contributed by atoms with van der Waals surface area (Å²) in [6.07, 6.45) is 6.29. The van der Waals surface area contributed by atoms with Crippen LogP contribution in [0.3, 0.4) is 0 Å². The fourth-order valence-corrected chi connectivity index (χ4v) is 2.89. The number of rotatable bonds is 2. The lowest BCUT2D eigenvalue weighted by atomic mass is 10.4. The number of hydrogen-bond acceptors (Lipinski definition) is 1. The van der Waals surface area contributed by atoms with Crippen molar-refractivity contribution in [2.75, 3.05) is 0 Å². The summed E-state index contributed by atoms with van der Waals surface area (Å²) in [7, 11) is -0.846. The monoisotopic (exact) mass is 192 g/mol. The van der Waals surface area contributed by atoms with Crippen molar-refractivity contribution < 1.29 is 4.21 Å². The van der Waals surface area contributed by atoms with Gasteiger partial charge in [0.15, 0.2) is 0 Å². The average molecular weight is 192 g/mol. The van der Waals surface area contributed by atoms with Gasteiger partial charge in [0, 0.05) is 4.90 Å². The third-order valence-corrected chi connectivity index (χ3v) is 3.90. The maximum atomic E-state index is 11.9. The second-order valence-corrected chi connectivity index (χ2v) is 4.83. The zero-order valence-corrected chi connectivity index (χ0v) is 8.17. The van der Waals surface area contributed by atoms with Crippen molar-refractivity contribution in [2.45, 2.75) is 23.0 Å². The second-order valence-electron chi connectivity index (χ2n) is 3.15. The van der Waals surface area contributed by atoms with Gasteiger partial charge in [-0.2, -0.15) is 0 Å². The molecule has 1 aliphatic rings. The lowest BCUT2D eigenvalue weighted by molar-refractivity contribution is 0.675. The first-order valence-corrected chi connectivity index (χ1v) is 5.71. The molecule has 0 aliphatic heterocycles. The third-order valence-electron chi connectivity index (χ3n) is 2.22. The van der Waals surface area contributed by atoms with Crippen molar-refractivity contribution in [1.82, 2.24) is 0 Å². The molecule has 0 N–H and O–H groups in total. The lowest BCUT2D eigenvalue weighted by Crippen LogP contribution is -2.08. The van der Waals surface area contributed by atoms with Crippen molar-refractivity contribution in [3.63, 3.8) is 0 Å². The molecular weight excluding hydrogens is 180 g/mol. The van der Waals surface area contributed by atoms with Gasteiger partial charge in [0.2, 0.25) is 0 Å². The smallest absolute Gasteiger partial charge is 0.0599 e. The molecule has 0 spiro atoms. The number of benzene rings is 1. The summed E-state index contributed by atoms with van der Waals surface area (Å²) in [6.45, 7) is 0. The van der Waals surface area contributed by atoms with Gasteiger partial charge in [-0.15, -0.1) is 0 Å². The summed E-state index contributed by atoms with van der Waals surface area (Å²) in [4.78, 5) is 0.944. The average Bonchev–Trinajstić information content (AvgIpc) is 2.71. The van der Waals surface area contributed by atoms with Crippen LogP contribution in [0.1, 0.15) is 12.8 Å². The normalized spacial score (nSPS) is 23.2. The standard InChI is InChI=1S/C11H12OS/c12-13(11-8-4-5-9-11)10-6-2-1-3-7-10/h1-4,6-8,11H,5,9H2. The number of allylic oxidation sites excluding steroid dienone is 1. The van der Waals surface area contributed by atoms with Crippen molar-refractivity contribution in [3.05, 3.63) is 42.5 Å². The summed E-state index contributed by atoms with van der Waals surface area (Å²) in [6, 6.07) is 9.69. The van der Waals surface area contributed by atoms with Crippen molar-refractivity contribution in [2.24, 2.45) is 0 Å². The lowest BCUT2D eigenvalue weighted by Gasteiger charge is -2.06. The highest BCUT2D eigenvalue weighted by molar-refractivity contribution is 7.85. The molecule has 0 saturated heterocycles. The van der Waals surface area contributed by atoms with Gasteiger partial charge in [-0.1, -0.05) is 30.4 Å². The summed E-state index contributed by atoms with van der Waals surface area (Å²) < 4.78 is 11.9. The minimum Gasteiger partial charge on any atom is -0.254 e. The highest BCUT2D eigenvalue weighted by Gasteiger charge is 2.17. The van der Waals surface area contributed by atoms with Crippen LogP contribution in [-0.4, -0.2) is 9.46 Å². The van der Waals surface area contributed by atoms with Crippen LogP contribution in [-0.2, 0) is 10.8 Å². The van der Waals surface area contributed by atoms with E-state index in [2.05, 4.69) is 12.2 Å². The molecule has 1 aromatic carbocycles. The summed E-state index contributed by atoms with van der Waals surface area (Å²) in [5, 5.41) is 0.238. The Labute approximate surface area is 80.9 Å². The maximum absolute atomic E-state index is 11.9. The zero-order valence-electron chi connectivity index (χ0n) is 7.35. The molecule has 2 heteroatoms. The molecule has 0 amide bonds. The van der Waals surface area contributed by atoms with Gasteiger partial charge in [-0.05, 0) is 25.0 Å². The van der Waals surface area contributed by atoms with Gasteiger partial charge < -0.3 is 0 Å². The molecule has 0 heterocycles. The van der Waals surface area contributed by atoms with E-state index in [1.54, 1.807) is 0 Å². The summed E-state index contributed by atoms with van der Waals surface area (Å²) in [5.41, 5.74) is 0. The van der Waals surface area contributed by atoms with E-state index >= 15 is 0 Å². The highest BCUT2D eigenvalue weighted by Crippen LogP contribution is 2.20. The van der Waals surface area contributed by atoms with Gasteiger partial charge in [-0.25, -0.2) is 0 Å². The largest absolute Gasteiger partial charge is 0.254 e. The van der Waals surface area contributed by atoms with Crippen LogP contribution >= 0.6 is 0 Å². The van der Waals surface area contributed by atoms with E-state index in [1.165, 1.54) is 0 Å². The molecule has 0 fully saturated rings. The van der Waals surface area contributed by atoms with Crippen LogP contribution in [0, 0.1) is 0 Å². The van der Waals surface area contributed by atoms with E-state index < -0.39 is 10.8 Å². The van der Waals surface area contributed by atoms with Crippen LogP contribution < -0.4 is 0 Å². The van der Waals surface area contributed by atoms with E-state index in [-0.39, 0.29) is 5.25 Å². The number of hydrogen-bond donors (Lipinski definition) is 0. The Morgan fingerprint density at radius 1 is 1.23 bits per heavy atom. The van der Waals surface area contributed by atoms with Crippen molar-refractivity contribution in [1.29, 1.82) is 0 Å². The molecule has 0 bridgehead atoms. The predicted molar refractivity (Wildman–Crippen MR) is 55.0 cm³/mol. The molecule has 2 atom stereocenters. The van der Waals surface area contributed by atoms with Crippen LogP contribution in [0.15, 0.2) is 47.4 Å². The molecule has 1 aliphatic carbocycles. The molecule has 0 aromatic heterocycles. The maximum Gasteiger partial charge on any atom is 0.0599 e. The van der Waals surface area contributed by atoms with Crippen LogP contribution in [0.5, 0.6) is 0 Å². The topological polar surface area (TPSA) is 17.1 Å². The van der Waals surface area contributed by atoms with Gasteiger partial charge in [0.05, 0.1) is 16.0 Å². The van der Waals surface area contributed by atoms with Crippen molar-refractivity contribution in [3.8, 4) is 0 Å². The van der Waals surface area contributed by atoms with Gasteiger partial charge in [0.25, 0.3) is 0 Å².